The number of aromatic nitrogens is 1. The molecule has 0 aliphatic heterocycles. The topological polar surface area (TPSA) is 47.6 Å². The molecule has 2 aromatic rings. The van der Waals surface area contributed by atoms with Crippen LogP contribution in [0.25, 0.3) is 0 Å². The summed E-state index contributed by atoms with van der Waals surface area (Å²) in [6.07, 6.45) is 1.59. The molecule has 5 heteroatoms. The van der Waals surface area contributed by atoms with E-state index in [1.807, 2.05) is 6.92 Å². The summed E-state index contributed by atoms with van der Waals surface area (Å²) in [7, 11) is 0. The molecular weight excluding hydrogens is 235 g/mol. The molecule has 4 nitrogen and oxygen atoms in total. The third-order valence-electron chi connectivity index (χ3n) is 2.49. The zero-order chi connectivity index (χ0) is 13.0. The Labute approximate surface area is 104 Å². The van der Waals surface area contributed by atoms with Crippen molar-refractivity contribution in [2.45, 2.75) is 20.5 Å². The smallest absolute Gasteiger partial charge is 0.142 e. The molecule has 18 heavy (non-hydrogen) atoms. The molecule has 0 unspecified atom stereocenters. The lowest BCUT2D eigenvalue weighted by Crippen LogP contribution is -1.97. The number of aryl methyl sites for hydroxylation is 1. The Kier molecular flexibility index (Phi) is 3.72. The minimum Gasteiger partial charge on any atom is -0.391 e. The average molecular weight is 248 g/mol. The molecule has 1 aromatic carbocycles. The minimum absolute atomic E-state index is 0.265. The number of hydrogen-bond donors (Lipinski definition) is 0. The van der Waals surface area contributed by atoms with E-state index in [2.05, 4.69) is 10.3 Å². The monoisotopic (exact) mass is 248 g/mol. The first kappa shape index (κ1) is 12.3. The van der Waals surface area contributed by atoms with Crippen molar-refractivity contribution < 1.29 is 13.8 Å². The van der Waals surface area contributed by atoms with Crippen LogP contribution in [0.4, 0.5) is 4.39 Å². The summed E-state index contributed by atoms with van der Waals surface area (Å²) in [5.74, 6) is 0.431. The molecule has 0 aliphatic rings. The Hall–Kier alpha value is -2.17. The van der Waals surface area contributed by atoms with Crippen LogP contribution in [0.15, 0.2) is 40.1 Å². The predicted octanol–water partition coefficient (Wildman–Crippen LogP) is 3.06. The summed E-state index contributed by atoms with van der Waals surface area (Å²) in [5, 5.41) is 7.63. The van der Waals surface area contributed by atoms with Gasteiger partial charge in [0.05, 0.1) is 17.5 Å². The van der Waals surface area contributed by atoms with Crippen LogP contribution in [0.1, 0.15) is 23.8 Å². The normalized spacial score (nSPS) is 11.6. The van der Waals surface area contributed by atoms with Gasteiger partial charge < -0.3 is 9.36 Å². The van der Waals surface area contributed by atoms with Gasteiger partial charge in [0.2, 0.25) is 0 Å². The van der Waals surface area contributed by atoms with Gasteiger partial charge in [0.1, 0.15) is 18.2 Å². The molecule has 0 saturated carbocycles. The molecule has 0 atom stereocenters. The van der Waals surface area contributed by atoms with Crippen molar-refractivity contribution in [3.05, 3.63) is 53.2 Å². The fourth-order valence-electron chi connectivity index (χ4n) is 1.48. The van der Waals surface area contributed by atoms with Gasteiger partial charge in [-0.1, -0.05) is 22.4 Å². The van der Waals surface area contributed by atoms with Crippen LogP contribution < -0.4 is 0 Å². The Bertz CT molecular complexity index is 546. The molecule has 0 amide bonds. The zero-order valence-electron chi connectivity index (χ0n) is 10.2. The highest BCUT2D eigenvalue weighted by atomic mass is 19.1. The molecule has 2 rings (SSSR count). The van der Waals surface area contributed by atoms with Crippen molar-refractivity contribution in [1.29, 1.82) is 0 Å². The fourth-order valence-corrected chi connectivity index (χ4v) is 1.48. The molecule has 94 valence electrons. The van der Waals surface area contributed by atoms with E-state index >= 15 is 0 Å². The summed E-state index contributed by atoms with van der Waals surface area (Å²) in [6.45, 7) is 3.91. The summed E-state index contributed by atoms with van der Waals surface area (Å²) in [4.78, 5) is 5.20. The first-order valence-corrected chi connectivity index (χ1v) is 5.49. The Morgan fingerprint density at radius 1 is 1.39 bits per heavy atom. The first-order chi connectivity index (χ1) is 8.66. The average Bonchev–Trinajstić information content (AvgIpc) is 2.78. The number of rotatable bonds is 4. The highest BCUT2D eigenvalue weighted by molar-refractivity contribution is 5.98. The van der Waals surface area contributed by atoms with E-state index in [4.69, 9.17) is 9.36 Å². The van der Waals surface area contributed by atoms with Crippen LogP contribution >= 0.6 is 0 Å². The number of oxime groups is 1. The van der Waals surface area contributed by atoms with E-state index in [0.717, 1.165) is 11.1 Å². The number of halogens is 1. The summed E-state index contributed by atoms with van der Waals surface area (Å²) in [5.41, 5.74) is 2.36. The number of hydrogen-bond acceptors (Lipinski definition) is 4. The Morgan fingerprint density at radius 2 is 2.11 bits per heavy atom. The van der Waals surface area contributed by atoms with Crippen LogP contribution in [0.5, 0.6) is 0 Å². The Balaban J connectivity index is 1.95. The molecule has 0 fully saturated rings. The van der Waals surface area contributed by atoms with E-state index in [-0.39, 0.29) is 5.82 Å². The van der Waals surface area contributed by atoms with Crippen molar-refractivity contribution in [1.82, 2.24) is 5.16 Å². The molecule has 0 bridgehead atoms. The SMILES string of the molecule is C/C(=N\OCc1ccc(F)cc1)c1cnoc1C. The second kappa shape index (κ2) is 5.44. The van der Waals surface area contributed by atoms with Crippen molar-refractivity contribution in [2.75, 3.05) is 0 Å². The standard InChI is InChI=1S/C13H13FN2O2/c1-9(13-7-15-18-10(13)2)16-17-8-11-3-5-12(14)6-4-11/h3-7H,8H2,1-2H3/b16-9+. The lowest BCUT2D eigenvalue weighted by Gasteiger charge is -2.01. The van der Waals surface area contributed by atoms with Crippen LogP contribution in [0.3, 0.4) is 0 Å². The van der Waals surface area contributed by atoms with E-state index < -0.39 is 0 Å². The third-order valence-corrected chi connectivity index (χ3v) is 2.49. The molecule has 0 N–H and O–H groups in total. The van der Waals surface area contributed by atoms with Gasteiger partial charge in [-0.15, -0.1) is 0 Å². The maximum absolute atomic E-state index is 12.7. The molecule has 0 spiro atoms. The molecule has 0 radical (unpaired) electrons. The second-order valence-corrected chi connectivity index (χ2v) is 3.87. The van der Waals surface area contributed by atoms with Crippen molar-refractivity contribution in [2.24, 2.45) is 5.16 Å². The van der Waals surface area contributed by atoms with Gasteiger partial charge in [0.25, 0.3) is 0 Å². The quantitative estimate of drug-likeness (QED) is 0.617. The van der Waals surface area contributed by atoms with Gasteiger partial charge >= 0.3 is 0 Å². The first-order valence-electron chi connectivity index (χ1n) is 5.49. The summed E-state index contributed by atoms with van der Waals surface area (Å²) in [6, 6.07) is 6.09. The number of benzene rings is 1. The van der Waals surface area contributed by atoms with Gasteiger partial charge in [-0.3, -0.25) is 0 Å². The highest BCUT2D eigenvalue weighted by Gasteiger charge is 2.06. The van der Waals surface area contributed by atoms with E-state index in [9.17, 15) is 4.39 Å². The second-order valence-electron chi connectivity index (χ2n) is 3.87. The lowest BCUT2D eigenvalue weighted by atomic mass is 10.2. The van der Waals surface area contributed by atoms with Crippen LogP contribution in [-0.2, 0) is 11.4 Å². The Morgan fingerprint density at radius 3 is 2.72 bits per heavy atom. The van der Waals surface area contributed by atoms with E-state index in [1.54, 1.807) is 25.3 Å². The minimum atomic E-state index is -0.265. The summed E-state index contributed by atoms with van der Waals surface area (Å²) >= 11 is 0. The zero-order valence-corrected chi connectivity index (χ0v) is 10.2. The molecule has 0 aliphatic carbocycles. The van der Waals surface area contributed by atoms with Crippen molar-refractivity contribution in [3.8, 4) is 0 Å². The summed E-state index contributed by atoms with van der Waals surface area (Å²) < 4.78 is 17.6. The van der Waals surface area contributed by atoms with Crippen LogP contribution in [0.2, 0.25) is 0 Å². The van der Waals surface area contributed by atoms with Gasteiger partial charge in [-0.25, -0.2) is 4.39 Å². The van der Waals surface area contributed by atoms with E-state index in [1.165, 1.54) is 12.1 Å². The number of nitrogens with zero attached hydrogens (tertiary/aromatic N) is 2. The van der Waals surface area contributed by atoms with Crippen molar-refractivity contribution >= 4 is 5.71 Å². The highest BCUT2D eigenvalue weighted by Crippen LogP contribution is 2.09. The van der Waals surface area contributed by atoms with Crippen LogP contribution in [-0.4, -0.2) is 10.9 Å². The van der Waals surface area contributed by atoms with Gasteiger partial charge in [-0.2, -0.15) is 0 Å². The van der Waals surface area contributed by atoms with E-state index in [0.29, 0.717) is 18.1 Å². The maximum atomic E-state index is 12.7. The maximum Gasteiger partial charge on any atom is 0.142 e. The van der Waals surface area contributed by atoms with Gasteiger partial charge in [0.15, 0.2) is 0 Å². The third kappa shape index (κ3) is 2.94. The van der Waals surface area contributed by atoms with Crippen LogP contribution in [0, 0.1) is 12.7 Å². The predicted molar refractivity (Wildman–Crippen MR) is 64.6 cm³/mol. The molecule has 1 heterocycles. The van der Waals surface area contributed by atoms with Crippen molar-refractivity contribution in [3.63, 3.8) is 0 Å². The fraction of sp³-hybridized carbons (Fsp3) is 0.231. The molecule has 0 saturated heterocycles. The van der Waals surface area contributed by atoms with Gasteiger partial charge in [-0.05, 0) is 31.5 Å². The molecular formula is C13H13FN2O2. The molecule has 1 aromatic heterocycles. The largest absolute Gasteiger partial charge is 0.391 e. The van der Waals surface area contributed by atoms with Gasteiger partial charge in [0, 0.05) is 0 Å². The lowest BCUT2D eigenvalue weighted by molar-refractivity contribution is 0.130.